The number of benzene rings is 1. The highest BCUT2D eigenvalue weighted by Gasteiger charge is 2.59. The van der Waals surface area contributed by atoms with Crippen LogP contribution in [0.1, 0.15) is 33.3 Å². The van der Waals surface area contributed by atoms with E-state index < -0.39 is 54.4 Å². The summed E-state index contributed by atoms with van der Waals surface area (Å²) in [6.45, 7) is 5.22. The number of hydrogen-bond donors (Lipinski definition) is 0. The predicted octanol–water partition coefficient (Wildman–Crippen LogP) is 1.43. The molecule has 0 bridgehead atoms. The summed E-state index contributed by atoms with van der Waals surface area (Å²) in [6.07, 6.45) is -4.76. The molecule has 9 nitrogen and oxygen atoms in total. The number of fused-ring (bicyclic) bond motifs is 1. The lowest BCUT2D eigenvalue weighted by Crippen LogP contribution is -2.60. The van der Waals surface area contributed by atoms with Gasteiger partial charge in [-0.15, -0.1) is 0 Å². The van der Waals surface area contributed by atoms with Crippen LogP contribution >= 0.6 is 0 Å². The predicted molar refractivity (Wildman–Crippen MR) is 96.2 cm³/mol. The van der Waals surface area contributed by atoms with Gasteiger partial charge >= 0.3 is 17.9 Å². The Balaban J connectivity index is 1.92. The maximum absolute atomic E-state index is 11.8. The molecule has 0 aromatic heterocycles. The Morgan fingerprint density at radius 1 is 0.931 bits per heavy atom. The van der Waals surface area contributed by atoms with Gasteiger partial charge in [0.25, 0.3) is 0 Å². The lowest BCUT2D eigenvalue weighted by molar-refractivity contribution is -0.267. The SMILES string of the molecule is CC(=O)OC[C@H]1O[C@@H]2OC(C)(c3ccccc3)O[C@@H]2[C@@H](OC(C)=O)[C@@H]1OC(C)=O. The van der Waals surface area contributed by atoms with E-state index in [2.05, 4.69) is 0 Å². The van der Waals surface area contributed by atoms with Gasteiger partial charge in [0.15, 0.2) is 30.4 Å². The highest BCUT2D eigenvalue weighted by Crippen LogP contribution is 2.43. The molecule has 2 aliphatic rings. The van der Waals surface area contributed by atoms with Crippen molar-refractivity contribution < 1.29 is 42.8 Å². The van der Waals surface area contributed by atoms with Crippen molar-refractivity contribution in [2.45, 2.75) is 64.2 Å². The monoisotopic (exact) mass is 408 g/mol. The van der Waals surface area contributed by atoms with E-state index in [4.69, 9.17) is 28.4 Å². The highest BCUT2D eigenvalue weighted by atomic mass is 16.8. The second-order valence-corrected chi connectivity index (χ2v) is 7.01. The first-order valence-corrected chi connectivity index (χ1v) is 9.24. The van der Waals surface area contributed by atoms with Crippen LogP contribution in [0, 0.1) is 0 Å². The van der Waals surface area contributed by atoms with E-state index >= 15 is 0 Å². The van der Waals surface area contributed by atoms with Gasteiger partial charge in [-0.05, 0) is 6.92 Å². The summed E-state index contributed by atoms with van der Waals surface area (Å²) in [5.41, 5.74) is 0.736. The molecule has 0 saturated carbocycles. The summed E-state index contributed by atoms with van der Waals surface area (Å²) in [5.74, 6) is -2.90. The van der Waals surface area contributed by atoms with Crippen molar-refractivity contribution in [1.29, 1.82) is 0 Å². The minimum Gasteiger partial charge on any atom is -0.463 e. The lowest BCUT2D eigenvalue weighted by Gasteiger charge is -2.40. The van der Waals surface area contributed by atoms with Crippen LogP contribution in [0.4, 0.5) is 0 Å². The van der Waals surface area contributed by atoms with Crippen molar-refractivity contribution in [2.75, 3.05) is 6.61 Å². The fourth-order valence-corrected chi connectivity index (χ4v) is 3.48. The first-order valence-electron chi connectivity index (χ1n) is 9.24. The first-order chi connectivity index (χ1) is 13.7. The van der Waals surface area contributed by atoms with E-state index in [1.807, 2.05) is 30.3 Å². The Morgan fingerprint density at radius 3 is 2.14 bits per heavy atom. The van der Waals surface area contributed by atoms with Gasteiger partial charge in [-0.25, -0.2) is 0 Å². The Bertz CT molecular complexity index is 764. The van der Waals surface area contributed by atoms with Crippen LogP contribution in [0.5, 0.6) is 0 Å². The van der Waals surface area contributed by atoms with Gasteiger partial charge < -0.3 is 28.4 Å². The third kappa shape index (κ3) is 4.75. The van der Waals surface area contributed by atoms with Crippen molar-refractivity contribution in [3.05, 3.63) is 35.9 Å². The molecule has 2 saturated heterocycles. The normalized spacial score (nSPS) is 33.4. The lowest BCUT2D eigenvalue weighted by atomic mass is 9.98. The molecule has 2 aliphatic heterocycles. The topological polar surface area (TPSA) is 107 Å². The first kappa shape index (κ1) is 21.2. The molecule has 1 aromatic rings. The number of rotatable bonds is 5. The Labute approximate surface area is 168 Å². The van der Waals surface area contributed by atoms with Crippen LogP contribution in [0.2, 0.25) is 0 Å². The molecule has 29 heavy (non-hydrogen) atoms. The van der Waals surface area contributed by atoms with Gasteiger partial charge in [-0.3, -0.25) is 14.4 Å². The van der Waals surface area contributed by atoms with E-state index in [9.17, 15) is 14.4 Å². The molecule has 2 fully saturated rings. The summed E-state index contributed by atoms with van der Waals surface area (Å²) >= 11 is 0. The summed E-state index contributed by atoms with van der Waals surface area (Å²) in [6, 6.07) is 9.20. The number of carbonyl (C=O) groups is 3. The molecule has 1 unspecified atom stereocenters. The molecule has 6 atom stereocenters. The molecule has 9 heteroatoms. The van der Waals surface area contributed by atoms with Crippen LogP contribution in [0.3, 0.4) is 0 Å². The molecule has 0 radical (unpaired) electrons. The minimum absolute atomic E-state index is 0.209. The average Bonchev–Trinajstić information content (AvgIpc) is 3.00. The van der Waals surface area contributed by atoms with Gasteiger partial charge in [-0.2, -0.15) is 0 Å². The second-order valence-electron chi connectivity index (χ2n) is 7.01. The van der Waals surface area contributed by atoms with Crippen LogP contribution < -0.4 is 0 Å². The van der Waals surface area contributed by atoms with E-state index in [1.165, 1.54) is 20.8 Å². The quantitative estimate of drug-likeness (QED) is 0.528. The van der Waals surface area contributed by atoms with E-state index in [1.54, 1.807) is 6.92 Å². The summed E-state index contributed by atoms with van der Waals surface area (Å²) < 4.78 is 33.9. The van der Waals surface area contributed by atoms with Gasteiger partial charge in [0.2, 0.25) is 0 Å². The van der Waals surface area contributed by atoms with E-state index in [0.717, 1.165) is 5.56 Å². The standard InChI is InChI=1S/C20H24O9/c1-11(21)24-10-15-16(25-12(2)22)17(26-13(3)23)18-19(27-15)29-20(4,28-18)14-8-6-5-7-9-14/h5-9,15-19H,10H2,1-4H3/t15-,16-,17+,18-,19-,20?/m1/s1. The maximum atomic E-state index is 11.8. The molecule has 1 aromatic carbocycles. The number of carbonyl (C=O) groups excluding carboxylic acids is 3. The third-order valence-electron chi connectivity index (χ3n) is 4.65. The summed E-state index contributed by atoms with van der Waals surface area (Å²) in [5, 5.41) is 0. The second kappa shape index (κ2) is 8.48. The van der Waals surface area contributed by atoms with Crippen molar-refractivity contribution in [2.24, 2.45) is 0 Å². The molecule has 0 aliphatic carbocycles. The van der Waals surface area contributed by atoms with Crippen LogP contribution in [-0.4, -0.2) is 55.2 Å². The minimum atomic E-state index is -1.17. The zero-order valence-electron chi connectivity index (χ0n) is 16.7. The van der Waals surface area contributed by atoms with Crippen molar-refractivity contribution in [3.8, 4) is 0 Å². The number of ether oxygens (including phenoxy) is 6. The molecule has 2 heterocycles. The maximum Gasteiger partial charge on any atom is 0.303 e. The van der Waals surface area contributed by atoms with Crippen LogP contribution in [0.25, 0.3) is 0 Å². The van der Waals surface area contributed by atoms with Gasteiger partial charge in [0.05, 0.1) is 0 Å². The van der Waals surface area contributed by atoms with Gasteiger partial charge in [0.1, 0.15) is 12.7 Å². The Hall–Kier alpha value is -2.49. The van der Waals surface area contributed by atoms with Gasteiger partial charge in [0, 0.05) is 26.3 Å². The Kier molecular flexibility index (Phi) is 6.21. The zero-order chi connectivity index (χ0) is 21.2. The molecule has 0 amide bonds. The van der Waals surface area contributed by atoms with Crippen LogP contribution in [0.15, 0.2) is 30.3 Å². The number of esters is 3. The molecular formula is C20H24O9. The van der Waals surface area contributed by atoms with Crippen molar-refractivity contribution >= 4 is 17.9 Å². The van der Waals surface area contributed by atoms with Crippen molar-refractivity contribution in [1.82, 2.24) is 0 Å². The highest BCUT2D eigenvalue weighted by molar-refractivity contribution is 5.68. The largest absolute Gasteiger partial charge is 0.463 e. The summed E-state index contributed by atoms with van der Waals surface area (Å²) in [7, 11) is 0. The third-order valence-corrected chi connectivity index (χ3v) is 4.65. The van der Waals surface area contributed by atoms with Crippen LogP contribution in [-0.2, 0) is 48.6 Å². The van der Waals surface area contributed by atoms with E-state index in [-0.39, 0.29) is 6.61 Å². The molecule has 3 rings (SSSR count). The smallest absolute Gasteiger partial charge is 0.303 e. The fraction of sp³-hybridized carbons (Fsp3) is 0.550. The number of hydrogen-bond acceptors (Lipinski definition) is 9. The fourth-order valence-electron chi connectivity index (χ4n) is 3.48. The molecule has 0 spiro atoms. The summed E-state index contributed by atoms with van der Waals surface area (Å²) in [4.78, 5) is 34.7. The average molecular weight is 408 g/mol. The Morgan fingerprint density at radius 2 is 1.55 bits per heavy atom. The zero-order valence-corrected chi connectivity index (χ0v) is 16.7. The molecular weight excluding hydrogens is 384 g/mol. The van der Waals surface area contributed by atoms with Crippen molar-refractivity contribution in [3.63, 3.8) is 0 Å². The molecule has 0 N–H and O–H groups in total. The van der Waals surface area contributed by atoms with E-state index in [0.29, 0.717) is 0 Å². The molecule has 158 valence electrons. The van der Waals surface area contributed by atoms with Gasteiger partial charge in [-0.1, -0.05) is 30.3 Å².